The minimum atomic E-state index is -0.811. The number of H-pyrrole nitrogens is 1. The van der Waals surface area contributed by atoms with Crippen LogP contribution in [-0.2, 0) is 6.42 Å². The normalized spacial score (nSPS) is 11.8. The molecule has 0 aliphatic heterocycles. The number of nitrogens with zero attached hydrogens (tertiary/aromatic N) is 1. The molecule has 0 bridgehead atoms. The Morgan fingerprint density at radius 2 is 1.84 bits per heavy atom. The zero-order valence-electron chi connectivity index (χ0n) is 13.3. The van der Waals surface area contributed by atoms with Gasteiger partial charge in [-0.15, -0.1) is 0 Å². The molecular weight excluding hydrogens is 316 g/mol. The summed E-state index contributed by atoms with van der Waals surface area (Å²) in [6, 6.07) is 12.9. The summed E-state index contributed by atoms with van der Waals surface area (Å²) in [7, 11) is 0. The number of carbonyl (C=O) groups excluding carboxylic acids is 2. The number of hydrogen-bond acceptors (Lipinski definition) is 5. The second-order valence-electron chi connectivity index (χ2n) is 5.74. The van der Waals surface area contributed by atoms with Crippen molar-refractivity contribution < 1.29 is 9.59 Å². The van der Waals surface area contributed by atoms with Gasteiger partial charge < -0.3 is 16.5 Å². The van der Waals surface area contributed by atoms with E-state index in [2.05, 4.69) is 4.98 Å². The Bertz CT molecular complexity index is 1010. The predicted octanol–water partition coefficient (Wildman–Crippen LogP) is 2.21. The summed E-state index contributed by atoms with van der Waals surface area (Å²) in [4.78, 5) is 27.4. The molecule has 3 rings (SSSR count). The highest BCUT2D eigenvalue weighted by Crippen LogP contribution is 2.22. The van der Waals surface area contributed by atoms with Crippen LogP contribution in [0.4, 0.5) is 5.69 Å². The predicted molar refractivity (Wildman–Crippen MR) is 95.1 cm³/mol. The second-order valence-corrected chi connectivity index (χ2v) is 5.74. The van der Waals surface area contributed by atoms with Crippen LogP contribution in [0.1, 0.15) is 26.3 Å². The standard InChI is InChI=1S/C19H16N4O2/c20-9-17(24)13-5-3-6-14(18(13)22)19(25)15(21)8-11-10-23-16-7-2-1-4-12(11)16/h1-7,10,15,23H,8,21-22H2/t15-/m0/s1. The SMILES string of the molecule is N#CC(=O)c1cccc(C(=O)[C@@H](N)Cc2c[nH]c3ccccc23)c1N. The van der Waals surface area contributed by atoms with E-state index in [0.717, 1.165) is 16.5 Å². The average molecular weight is 332 g/mol. The first-order valence-corrected chi connectivity index (χ1v) is 7.70. The highest BCUT2D eigenvalue weighted by atomic mass is 16.1. The molecule has 0 amide bonds. The lowest BCUT2D eigenvalue weighted by Crippen LogP contribution is -2.33. The number of hydrogen-bond donors (Lipinski definition) is 3. The molecule has 1 aromatic heterocycles. The molecule has 0 fully saturated rings. The van der Waals surface area contributed by atoms with Crippen LogP contribution in [0.15, 0.2) is 48.7 Å². The van der Waals surface area contributed by atoms with Crippen molar-refractivity contribution in [2.75, 3.05) is 5.73 Å². The number of fused-ring (bicyclic) bond motifs is 1. The number of Topliss-reactive ketones (excluding diaryl/α,β-unsaturated/α-hetero) is 2. The number of nitrogen functional groups attached to an aromatic ring is 1. The molecule has 0 radical (unpaired) electrons. The molecule has 1 heterocycles. The van der Waals surface area contributed by atoms with Crippen molar-refractivity contribution in [3.05, 3.63) is 65.4 Å². The maximum atomic E-state index is 12.7. The number of anilines is 1. The number of benzene rings is 2. The maximum absolute atomic E-state index is 12.7. The number of nitriles is 1. The number of aromatic nitrogens is 1. The Morgan fingerprint density at radius 1 is 1.12 bits per heavy atom. The molecule has 0 aliphatic carbocycles. The van der Waals surface area contributed by atoms with Crippen LogP contribution in [0.3, 0.4) is 0 Å². The van der Waals surface area contributed by atoms with Crippen molar-refractivity contribution in [2.45, 2.75) is 12.5 Å². The van der Waals surface area contributed by atoms with E-state index >= 15 is 0 Å². The zero-order valence-corrected chi connectivity index (χ0v) is 13.3. The molecule has 3 aromatic rings. The van der Waals surface area contributed by atoms with E-state index in [9.17, 15) is 9.59 Å². The lowest BCUT2D eigenvalue weighted by Gasteiger charge is -2.13. The monoisotopic (exact) mass is 332 g/mol. The van der Waals surface area contributed by atoms with Crippen molar-refractivity contribution in [3.8, 4) is 6.07 Å². The molecule has 1 atom stereocenters. The fourth-order valence-corrected chi connectivity index (χ4v) is 2.87. The van der Waals surface area contributed by atoms with Crippen LogP contribution in [-0.4, -0.2) is 22.6 Å². The van der Waals surface area contributed by atoms with Gasteiger partial charge in [0.2, 0.25) is 0 Å². The molecule has 0 aliphatic rings. The molecule has 2 aromatic carbocycles. The van der Waals surface area contributed by atoms with Gasteiger partial charge >= 0.3 is 0 Å². The van der Waals surface area contributed by atoms with E-state index in [-0.39, 0.29) is 22.6 Å². The molecule has 5 N–H and O–H groups in total. The Morgan fingerprint density at radius 3 is 2.60 bits per heavy atom. The number of ketones is 2. The topological polar surface area (TPSA) is 126 Å². The molecule has 6 nitrogen and oxygen atoms in total. The van der Waals surface area contributed by atoms with Crippen molar-refractivity contribution in [3.63, 3.8) is 0 Å². The first-order valence-electron chi connectivity index (χ1n) is 7.70. The van der Waals surface area contributed by atoms with Gasteiger partial charge in [0.25, 0.3) is 5.78 Å². The van der Waals surface area contributed by atoms with Gasteiger partial charge in [-0.25, -0.2) is 0 Å². The van der Waals surface area contributed by atoms with Crippen LogP contribution in [0.2, 0.25) is 0 Å². The molecule has 0 saturated carbocycles. The van der Waals surface area contributed by atoms with Gasteiger partial charge in [-0.05, 0) is 30.2 Å². The van der Waals surface area contributed by atoms with Crippen LogP contribution in [0, 0.1) is 11.3 Å². The second kappa shape index (κ2) is 6.59. The lowest BCUT2D eigenvalue weighted by molar-refractivity contribution is 0.0962. The highest BCUT2D eigenvalue weighted by molar-refractivity contribution is 6.15. The van der Waals surface area contributed by atoms with Gasteiger partial charge in [0.1, 0.15) is 6.07 Å². The van der Waals surface area contributed by atoms with Gasteiger partial charge in [-0.1, -0.05) is 24.3 Å². The highest BCUT2D eigenvalue weighted by Gasteiger charge is 2.22. The summed E-state index contributed by atoms with van der Waals surface area (Å²) in [6.45, 7) is 0. The Hall–Kier alpha value is -3.43. The number of para-hydroxylation sites is 2. The molecular formula is C19H16N4O2. The van der Waals surface area contributed by atoms with E-state index < -0.39 is 11.8 Å². The van der Waals surface area contributed by atoms with Crippen molar-refractivity contribution in [1.82, 2.24) is 4.98 Å². The van der Waals surface area contributed by atoms with Crippen molar-refractivity contribution in [1.29, 1.82) is 5.26 Å². The number of aromatic amines is 1. The maximum Gasteiger partial charge on any atom is 0.264 e. The van der Waals surface area contributed by atoms with E-state index in [1.165, 1.54) is 24.3 Å². The van der Waals surface area contributed by atoms with Crippen LogP contribution < -0.4 is 11.5 Å². The molecule has 0 unspecified atom stereocenters. The third kappa shape index (κ3) is 3.01. The molecule has 0 saturated heterocycles. The summed E-state index contributed by atoms with van der Waals surface area (Å²) in [5.74, 6) is -1.15. The summed E-state index contributed by atoms with van der Waals surface area (Å²) in [6.07, 6.45) is 2.16. The van der Waals surface area contributed by atoms with E-state index in [1.807, 2.05) is 30.5 Å². The zero-order chi connectivity index (χ0) is 18.0. The van der Waals surface area contributed by atoms with Gasteiger partial charge in [0.05, 0.1) is 17.3 Å². The van der Waals surface area contributed by atoms with E-state index in [4.69, 9.17) is 16.7 Å². The minimum Gasteiger partial charge on any atom is -0.398 e. The number of carbonyl (C=O) groups is 2. The van der Waals surface area contributed by atoms with Gasteiger partial charge in [-0.2, -0.15) is 5.26 Å². The molecule has 124 valence electrons. The van der Waals surface area contributed by atoms with Gasteiger partial charge in [-0.3, -0.25) is 9.59 Å². The van der Waals surface area contributed by atoms with E-state index in [0.29, 0.717) is 6.42 Å². The van der Waals surface area contributed by atoms with Crippen molar-refractivity contribution in [2.24, 2.45) is 5.73 Å². The van der Waals surface area contributed by atoms with Crippen molar-refractivity contribution >= 4 is 28.2 Å². The summed E-state index contributed by atoms with van der Waals surface area (Å²) in [5, 5.41) is 9.76. The van der Waals surface area contributed by atoms with Crippen LogP contribution in [0.5, 0.6) is 0 Å². The Kier molecular flexibility index (Phi) is 4.33. The fraction of sp³-hybridized carbons (Fsp3) is 0.105. The quantitative estimate of drug-likeness (QED) is 0.375. The third-order valence-electron chi connectivity index (χ3n) is 4.17. The lowest BCUT2D eigenvalue weighted by atomic mass is 9.94. The van der Waals surface area contributed by atoms with Crippen LogP contribution in [0.25, 0.3) is 10.9 Å². The number of rotatable bonds is 5. The van der Waals surface area contributed by atoms with E-state index in [1.54, 1.807) is 0 Å². The van der Waals surface area contributed by atoms with Gasteiger partial charge in [0, 0.05) is 22.7 Å². The molecule has 0 spiro atoms. The number of nitrogens with one attached hydrogen (secondary N) is 1. The largest absolute Gasteiger partial charge is 0.398 e. The number of nitrogens with two attached hydrogens (primary N) is 2. The molecule has 6 heteroatoms. The third-order valence-corrected chi connectivity index (χ3v) is 4.17. The summed E-state index contributed by atoms with van der Waals surface area (Å²) >= 11 is 0. The first kappa shape index (κ1) is 16.4. The van der Waals surface area contributed by atoms with Gasteiger partial charge in [0.15, 0.2) is 5.78 Å². The average Bonchev–Trinajstić information content (AvgIpc) is 3.03. The smallest absolute Gasteiger partial charge is 0.264 e. The Balaban J connectivity index is 1.88. The first-order chi connectivity index (χ1) is 12.0. The fourth-order valence-electron chi connectivity index (χ4n) is 2.87. The summed E-state index contributed by atoms with van der Waals surface area (Å²) in [5.41, 5.74) is 14.1. The Labute approximate surface area is 144 Å². The molecule has 25 heavy (non-hydrogen) atoms. The van der Waals surface area contributed by atoms with Crippen LogP contribution >= 0.6 is 0 Å². The minimum absolute atomic E-state index is 0.00609. The summed E-state index contributed by atoms with van der Waals surface area (Å²) < 4.78 is 0.